The van der Waals surface area contributed by atoms with E-state index in [1.165, 1.54) is 23.6 Å². The van der Waals surface area contributed by atoms with Crippen molar-refractivity contribution < 1.29 is 38.9 Å². The van der Waals surface area contributed by atoms with Gasteiger partial charge in [0.05, 0.1) is 24.6 Å². The number of aromatic hydroxyl groups is 1. The second kappa shape index (κ2) is 11.9. The zero-order valence-corrected chi connectivity index (χ0v) is 25.4. The van der Waals surface area contributed by atoms with E-state index in [9.17, 15) is 34.2 Å². The van der Waals surface area contributed by atoms with Crippen LogP contribution >= 0.6 is 0 Å². The van der Waals surface area contributed by atoms with E-state index in [1.54, 1.807) is 14.1 Å². The number of primary amides is 1. The quantitative estimate of drug-likeness (QED) is 0.350. The number of ketones is 4. The molecule has 0 bridgehead atoms. The average molecular weight is 606 g/mol. The SMILES string of the molecule is CCN(CCc1ccccc1)Cc1cc(O)c2c(c1OC)C[C@H]1C[C@H]3[C@H](N(C)C)C(=O)C(C(N)=O)C(=O)[C@@]3(O)C(=O)C1C2=O. The predicted molar refractivity (Wildman–Crippen MR) is 159 cm³/mol. The minimum Gasteiger partial charge on any atom is -0.507 e. The summed E-state index contributed by atoms with van der Waals surface area (Å²) < 4.78 is 5.83. The first kappa shape index (κ1) is 31.5. The number of amides is 1. The lowest BCUT2D eigenvalue weighted by atomic mass is 9.52. The third-order valence-electron chi connectivity index (χ3n) is 9.69. The minimum atomic E-state index is -2.75. The van der Waals surface area contributed by atoms with E-state index in [1.807, 2.05) is 25.1 Å². The van der Waals surface area contributed by atoms with Gasteiger partial charge in [-0.25, -0.2) is 0 Å². The molecule has 11 nitrogen and oxygen atoms in total. The molecule has 5 rings (SSSR count). The van der Waals surface area contributed by atoms with Crippen molar-refractivity contribution >= 4 is 29.0 Å². The summed E-state index contributed by atoms with van der Waals surface area (Å²) in [5.74, 6) is -10.3. The molecule has 234 valence electrons. The molecule has 4 N–H and O–H groups in total. The number of benzene rings is 2. The van der Waals surface area contributed by atoms with Gasteiger partial charge in [0.2, 0.25) is 5.91 Å². The Morgan fingerprint density at radius 2 is 1.80 bits per heavy atom. The largest absolute Gasteiger partial charge is 0.507 e. The molecule has 2 aromatic carbocycles. The minimum absolute atomic E-state index is 0.0177. The van der Waals surface area contributed by atoms with Gasteiger partial charge in [0, 0.05) is 30.1 Å². The van der Waals surface area contributed by atoms with Crippen LogP contribution in [-0.2, 0) is 38.6 Å². The molecule has 6 atom stereocenters. The molecule has 3 aliphatic rings. The molecule has 2 fully saturated rings. The molecular weight excluding hydrogens is 566 g/mol. The van der Waals surface area contributed by atoms with E-state index >= 15 is 0 Å². The summed E-state index contributed by atoms with van der Waals surface area (Å²) in [5, 5.41) is 22.9. The Bertz CT molecular complexity index is 1520. The first-order valence-electron chi connectivity index (χ1n) is 14.9. The van der Waals surface area contributed by atoms with Gasteiger partial charge in [-0.1, -0.05) is 37.3 Å². The van der Waals surface area contributed by atoms with Crippen molar-refractivity contribution in [1.29, 1.82) is 0 Å². The van der Waals surface area contributed by atoms with Gasteiger partial charge in [-0.15, -0.1) is 0 Å². The summed E-state index contributed by atoms with van der Waals surface area (Å²) in [6, 6.07) is 10.4. The molecule has 0 aliphatic heterocycles. The first-order chi connectivity index (χ1) is 20.9. The smallest absolute Gasteiger partial charge is 0.235 e. The van der Waals surface area contributed by atoms with E-state index in [0.717, 1.165) is 19.5 Å². The summed E-state index contributed by atoms with van der Waals surface area (Å²) >= 11 is 0. The Hall–Kier alpha value is -3.93. The number of nitrogens with zero attached hydrogens (tertiary/aromatic N) is 2. The van der Waals surface area contributed by atoms with Crippen molar-refractivity contribution in [3.8, 4) is 11.5 Å². The molecule has 2 saturated carbocycles. The second-order valence-corrected chi connectivity index (χ2v) is 12.3. The summed E-state index contributed by atoms with van der Waals surface area (Å²) in [6.45, 7) is 3.96. The third kappa shape index (κ3) is 4.92. The van der Waals surface area contributed by atoms with Crippen molar-refractivity contribution in [2.75, 3.05) is 34.3 Å². The zero-order chi connectivity index (χ0) is 32.1. The fourth-order valence-electron chi connectivity index (χ4n) is 7.61. The Labute approximate surface area is 256 Å². The number of nitrogens with two attached hydrogens (primary N) is 1. The number of ether oxygens (including phenoxy) is 1. The summed E-state index contributed by atoms with van der Waals surface area (Å²) in [5.41, 5.74) is 4.88. The van der Waals surface area contributed by atoms with Crippen molar-refractivity contribution in [2.24, 2.45) is 29.4 Å². The van der Waals surface area contributed by atoms with E-state index < -0.39 is 64.4 Å². The highest BCUT2D eigenvalue weighted by Gasteiger charge is 2.69. The van der Waals surface area contributed by atoms with Crippen LogP contribution in [0.3, 0.4) is 0 Å². The van der Waals surface area contributed by atoms with Gasteiger partial charge in [-0.05, 0) is 57.5 Å². The van der Waals surface area contributed by atoms with Gasteiger partial charge in [0.1, 0.15) is 11.5 Å². The number of carbonyl (C=O) groups excluding carboxylic acids is 5. The lowest BCUT2D eigenvalue weighted by molar-refractivity contribution is -0.181. The lowest BCUT2D eigenvalue weighted by Gasteiger charge is -2.52. The maximum atomic E-state index is 14.0. The molecule has 0 aromatic heterocycles. The van der Waals surface area contributed by atoms with Crippen LogP contribution in [0, 0.1) is 23.7 Å². The standard InChI is InChI=1S/C33H39N3O8/c1-5-36(12-11-17-9-7-6-8-10-17)16-19-15-22(37)24-20(29(19)44-4)13-18-14-21-26(35(2)3)28(39)25(32(34)42)31(41)33(21,43)30(40)23(18)27(24)38/h6-10,15,18,21,23,25-26,37,43H,5,11-14,16H2,1-4H3,(H2,34,42)/t18-,21-,23?,25?,26-,33-/m0/s1. The van der Waals surface area contributed by atoms with Gasteiger partial charge in [0.15, 0.2) is 34.7 Å². The number of aliphatic hydroxyl groups is 1. The van der Waals surface area contributed by atoms with E-state index in [-0.39, 0.29) is 24.2 Å². The Kier molecular flexibility index (Phi) is 8.50. The molecule has 3 aliphatic carbocycles. The maximum Gasteiger partial charge on any atom is 0.235 e. The molecular formula is C33H39N3O8. The van der Waals surface area contributed by atoms with Gasteiger partial charge in [0.25, 0.3) is 0 Å². The van der Waals surface area contributed by atoms with Gasteiger partial charge in [-0.3, -0.25) is 33.8 Å². The Balaban J connectivity index is 1.52. The number of fused-ring (bicyclic) bond motifs is 3. The number of methoxy groups -OCH3 is 1. The number of hydrogen-bond acceptors (Lipinski definition) is 10. The van der Waals surface area contributed by atoms with Gasteiger partial charge in [-0.2, -0.15) is 0 Å². The van der Waals surface area contributed by atoms with Gasteiger partial charge < -0.3 is 20.7 Å². The summed E-state index contributed by atoms with van der Waals surface area (Å²) in [6.07, 6.45) is 0.951. The zero-order valence-electron chi connectivity index (χ0n) is 25.4. The summed E-state index contributed by atoms with van der Waals surface area (Å²) in [4.78, 5) is 70.5. The monoisotopic (exact) mass is 605 g/mol. The van der Waals surface area contributed by atoms with Crippen LogP contribution in [-0.4, -0.2) is 95.0 Å². The average Bonchev–Trinajstić information content (AvgIpc) is 2.97. The number of hydrogen-bond donors (Lipinski definition) is 3. The predicted octanol–water partition coefficient (Wildman–Crippen LogP) is 0.940. The van der Waals surface area contributed by atoms with Crippen LogP contribution in [0.25, 0.3) is 0 Å². The Morgan fingerprint density at radius 1 is 1.11 bits per heavy atom. The Morgan fingerprint density at radius 3 is 2.39 bits per heavy atom. The van der Waals surface area contributed by atoms with Crippen LogP contribution in [0.4, 0.5) is 0 Å². The molecule has 0 radical (unpaired) electrons. The van der Waals surface area contributed by atoms with Crippen molar-refractivity contribution in [2.45, 2.75) is 44.4 Å². The maximum absolute atomic E-state index is 14.0. The number of carbonyl (C=O) groups is 5. The molecule has 44 heavy (non-hydrogen) atoms. The highest BCUT2D eigenvalue weighted by atomic mass is 16.5. The number of rotatable bonds is 9. The van der Waals surface area contributed by atoms with Crippen molar-refractivity contribution in [3.63, 3.8) is 0 Å². The van der Waals surface area contributed by atoms with E-state index in [0.29, 0.717) is 23.4 Å². The van der Waals surface area contributed by atoms with Crippen LogP contribution < -0.4 is 10.5 Å². The highest BCUT2D eigenvalue weighted by Crippen LogP contribution is 2.52. The molecule has 2 aromatic rings. The van der Waals surface area contributed by atoms with Crippen molar-refractivity contribution in [3.05, 3.63) is 58.7 Å². The highest BCUT2D eigenvalue weighted by molar-refractivity contribution is 6.32. The number of phenolic OH excluding ortho intramolecular Hbond substituents is 1. The topological polar surface area (TPSA) is 168 Å². The fraction of sp³-hybridized carbons (Fsp3) is 0.485. The molecule has 0 saturated heterocycles. The van der Waals surface area contributed by atoms with Gasteiger partial charge >= 0.3 is 0 Å². The molecule has 0 spiro atoms. The van der Waals surface area contributed by atoms with Crippen LogP contribution in [0.2, 0.25) is 0 Å². The third-order valence-corrected chi connectivity index (χ3v) is 9.69. The molecule has 2 unspecified atom stereocenters. The molecule has 0 heterocycles. The molecule has 11 heteroatoms. The normalized spacial score (nSPS) is 28.1. The number of likely N-dealkylation sites (N-methyl/N-ethyl adjacent to an activating group) is 2. The molecule has 1 amide bonds. The van der Waals surface area contributed by atoms with Crippen LogP contribution in [0.15, 0.2) is 36.4 Å². The number of Topliss-reactive ketones (excluding diaryl/α,β-unsaturated/α-hetero) is 4. The fourth-order valence-corrected chi connectivity index (χ4v) is 7.61. The lowest BCUT2D eigenvalue weighted by Crippen LogP contribution is -2.74. The number of phenols is 1. The first-order valence-corrected chi connectivity index (χ1v) is 14.9. The summed E-state index contributed by atoms with van der Waals surface area (Å²) in [7, 11) is 4.60. The van der Waals surface area contributed by atoms with Crippen molar-refractivity contribution in [1.82, 2.24) is 9.80 Å². The van der Waals surface area contributed by atoms with Crippen LogP contribution in [0.1, 0.15) is 40.4 Å². The van der Waals surface area contributed by atoms with E-state index in [4.69, 9.17) is 10.5 Å². The van der Waals surface area contributed by atoms with Crippen LogP contribution in [0.5, 0.6) is 11.5 Å². The van der Waals surface area contributed by atoms with E-state index in [2.05, 4.69) is 17.0 Å². The second-order valence-electron chi connectivity index (χ2n) is 12.3.